The van der Waals surface area contributed by atoms with Crippen molar-refractivity contribution in [1.29, 1.82) is 0 Å². The van der Waals surface area contributed by atoms with Gasteiger partial charge in [0, 0.05) is 18.9 Å². The van der Waals surface area contributed by atoms with Crippen molar-refractivity contribution < 1.29 is 22.7 Å². The van der Waals surface area contributed by atoms with Gasteiger partial charge in [-0.1, -0.05) is 0 Å². The second-order valence-corrected chi connectivity index (χ2v) is 3.12. The van der Waals surface area contributed by atoms with Crippen LogP contribution in [0.2, 0.25) is 0 Å². The van der Waals surface area contributed by atoms with Crippen molar-refractivity contribution in [2.45, 2.75) is 13.1 Å². The van der Waals surface area contributed by atoms with Gasteiger partial charge in [0.15, 0.2) is 6.61 Å². The Hall–Kier alpha value is -1.79. The van der Waals surface area contributed by atoms with E-state index in [-0.39, 0.29) is 6.54 Å². The predicted molar refractivity (Wildman–Crippen MR) is 54.7 cm³/mol. The fourth-order valence-corrected chi connectivity index (χ4v) is 1.16. The lowest BCUT2D eigenvalue weighted by Gasteiger charge is -2.20. The van der Waals surface area contributed by atoms with Crippen LogP contribution in [0.3, 0.4) is 0 Å². The second kappa shape index (κ2) is 5.51. The first-order valence-electron chi connectivity index (χ1n) is 4.85. The highest BCUT2D eigenvalue weighted by molar-refractivity contribution is 5.87. The van der Waals surface area contributed by atoms with Crippen molar-refractivity contribution in [2.75, 3.05) is 18.1 Å². The Morgan fingerprint density at radius 3 is 2.47 bits per heavy atom. The van der Waals surface area contributed by atoms with Gasteiger partial charge in [-0.05, 0) is 19.1 Å². The van der Waals surface area contributed by atoms with E-state index >= 15 is 0 Å². The molecule has 1 heterocycles. The number of hydrogen-bond acceptors (Lipinski definition) is 3. The molecule has 4 nitrogen and oxygen atoms in total. The maximum Gasteiger partial charge on any atom is 0.422 e. The summed E-state index contributed by atoms with van der Waals surface area (Å²) in [6.07, 6.45) is -2.67. The van der Waals surface area contributed by atoms with E-state index in [2.05, 4.69) is 9.72 Å². The van der Waals surface area contributed by atoms with Crippen LogP contribution in [-0.4, -0.2) is 30.4 Å². The minimum absolute atomic E-state index is 0.209. The quantitative estimate of drug-likeness (QED) is 0.825. The molecule has 0 aliphatic carbocycles. The predicted octanol–water partition coefficient (Wildman–Crippen LogP) is 2.61. The van der Waals surface area contributed by atoms with E-state index in [1.807, 2.05) is 0 Å². The maximum absolute atomic E-state index is 11.9. The molecule has 0 radical (unpaired) electrons. The zero-order chi connectivity index (χ0) is 12.9. The summed E-state index contributed by atoms with van der Waals surface area (Å²) in [6.45, 7) is 0.253. The molecule has 0 saturated carbocycles. The molecule has 0 spiro atoms. The van der Waals surface area contributed by atoms with Crippen LogP contribution in [0.5, 0.6) is 0 Å². The van der Waals surface area contributed by atoms with Crippen LogP contribution in [0, 0.1) is 0 Å². The van der Waals surface area contributed by atoms with Gasteiger partial charge in [-0.25, -0.2) is 4.79 Å². The molecule has 17 heavy (non-hydrogen) atoms. The number of nitrogens with zero attached hydrogens (tertiary/aromatic N) is 2. The standard InChI is InChI=1S/C10H11F3N2O2/c1-2-15(8-3-5-14-6-4-8)9(16)17-7-10(11,12)13/h3-6H,2,7H2,1H3. The number of alkyl halides is 3. The van der Waals surface area contributed by atoms with Crippen molar-refractivity contribution in [1.82, 2.24) is 4.98 Å². The van der Waals surface area contributed by atoms with Gasteiger partial charge in [0.05, 0.1) is 5.69 Å². The number of hydrogen-bond donors (Lipinski definition) is 0. The molecule has 0 N–H and O–H groups in total. The topological polar surface area (TPSA) is 42.4 Å². The lowest BCUT2D eigenvalue weighted by Crippen LogP contribution is -2.33. The minimum Gasteiger partial charge on any atom is -0.440 e. The van der Waals surface area contributed by atoms with Crippen LogP contribution < -0.4 is 4.90 Å². The second-order valence-electron chi connectivity index (χ2n) is 3.12. The van der Waals surface area contributed by atoms with Crippen LogP contribution >= 0.6 is 0 Å². The third-order valence-corrected chi connectivity index (χ3v) is 1.87. The van der Waals surface area contributed by atoms with Crippen LogP contribution in [0.1, 0.15) is 6.92 Å². The first kappa shape index (κ1) is 13.3. The average Bonchev–Trinajstić information content (AvgIpc) is 2.28. The van der Waals surface area contributed by atoms with Gasteiger partial charge in [0.2, 0.25) is 0 Å². The van der Waals surface area contributed by atoms with Crippen molar-refractivity contribution in [2.24, 2.45) is 0 Å². The SMILES string of the molecule is CCN(C(=O)OCC(F)(F)F)c1ccncc1. The number of carbonyl (C=O) groups excluding carboxylic acids is 1. The van der Waals surface area contributed by atoms with Gasteiger partial charge in [-0.2, -0.15) is 13.2 Å². The maximum atomic E-state index is 11.9. The molecule has 1 aromatic rings. The molecule has 1 aromatic heterocycles. The number of halogens is 3. The molecule has 0 bridgehead atoms. The lowest BCUT2D eigenvalue weighted by atomic mass is 10.3. The van der Waals surface area contributed by atoms with Crippen molar-refractivity contribution in [3.8, 4) is 0 Å². The molecule has 0 atom stereocenters. The lowest BCUT2D eigenvalue weighted by molar-refractivity contribution is -0.159. The highest BCUT2D eigenvalue weighted by Crippen LogP contribution is 2.17. The first-order chi connectivity index (χ1) is 7.94. The summed E-state index contributed by atoms with van der Waals surface area (Å²) in [7, 11) is 0. The Kier molecular flexibility index (Phi) is 4.30. The highest BCUT2D eigenvalue weighted by Gasteiger charge is 2.30. The summed E-state index contributed by atoms with van der Waals surface area (Å²) in [5, 5.41) is 0. The molecular weight excluding hydrogens is 237 g/mol. The van der Waals surface area contributed by atoms with E-state index in [1.165, 1.54) is 24.5 Å². The van der Waals surface area contributed by atoms with Crippen LogP contribution in [-0.2, 0) is 4.74 Å². The molecule has 1 amide bonds. The smallest absolute Gasteiger partial charge is 0.422 e. The summed E-state index contributed by atoms with van der Waals surface area (Å²) in [5.41, 5.74) is 0.440. The van der Waals surface area contributed by atoms with Gasteiger partial charge in [0.1, 0.15) is 0 Å². The number of amides is 1. The van der Waals surface area contributed by atoms with E-state index in [0.717, 1.165) is 4.90 Å². The number of carbonyl (C=O) groups is 1. The summed E-state index contributed by atoms with van der Waals surface area (Å²) in [5.74, 6) is 0. The molecule has 7 heteroatoms. The molecule has 0 saturated heterocycles. The van der Waals surface area contributed by atoms with Gasteiger partial charge in [-0.15, -0.1) is 0 Å². The third-order valence-electron chi connectivity index (χ3n) is 1.87. The molecule has 94 valence electrons. The number of anilines is 1. The Morgan fingerprint density at radius 2 is 2.00 bits per heavy atom. The van der Waals surface area contributed by atoms with Gasteiger partial charge in [0.25, 0.3) is 0 Å². The fourth-order valence-electron chi connectivity index (χ4n) is 1.16. The van der Waals surface area contributed by atoms with E-state index in [9.17, 15) is 18.0 Å². The Bertz CT molecular complexity index is 368. The highest BCUT2D eigenvalue weighted by atomic mass is 19.4. The molecule has 0 unspecified atom stereocenters. The van der Waals surface area contributed by atoms with E-state index < -0.39 is 18.9 Å². The van der Waals surface area contributed by atoms with Gasteiger partial charge in [-0.3, -0.25) is 9.88 Å². The minimum atomic E-state index is -4.52. The van der Waals surface area contributed by atoms with Gasteiger partial charge >= 0.3 is 12.3 Å². The largest absolute Gasteiger partial charge is 0.440 e. The molecular formula is C10H11F3N2O2. The first-order valence-corrected chi connectivity index (χ1v) is 4.85. The summed E-state index contributed by atoms with van der Waals surface area (Å²) < 4.78 is 39.8. The fraction of sp³-hybridized carbons (Fsp3) is 0.400. The molecule has 0 aliphatic heterocycles. The van der Waals surface area contributed by atoms with Gasteiger partial charge < -0.3 is 4.74 Å². The Morgan fingerprint density at radius 1 is 1.41 bits per heavy atom. The molecule has 0 fully saturated rings. The van der Waals surface area contributed by atoms with E-state index in [4.69, 9.17) is 0 Å². The molecule has 0 aliphatic rings. The third kappa shape index (κ3) is 4.29. The van der Waals surface area contributed by atoms with Crippen LogP contribution in [0.4, 0.5) is 23.7 Å². The van der Waals surface area contributed by atoms with E-state index in [0.29, 0.717) is 5.69 Å². The average molecular weight is 248 g/mol. The van der Waals surface area contributed by atoms with Crippen LogP contribution in [0.25, 0.3) is 0 Å². The van der Waals surface area contributed by atoms with Crippen molar-refractivity contribution in [3.05, 3.63) is 24.5 Å². The number of aromatic nitrogens is 1. The number of rotatable bonds is 3. The molecule has 0 aromatic carbocycles. The Labute approximate surface area is 96.0 Å². The zero-order valence-electron chi connectivity index (χ0n) is 9.07. The van der Waals surface area contributed by atoms with Crippen molar-refractivity contribution in [3.63, 3.8) is 0 Å². The summed E-state index contributed by atoms with van der Waals surface area (Å²) >= 11 is 0. The number of pyridine rings is 1. The Balaban J connectivity index is 2.66. The molecule has 1 rings (SSSR count). The van der Waals surface area contributed by atoms with Crippen LogP contribution in [0.15, 0.2) is 24.5 Å². The van der Waals surface area contributed by atoms with Crippen molar-refractivity contribution >= 4 is 11.8 Å². The summed E-state index contributed by atoms with van der Waals surface area (Å²) in [4.78, 5) is 16.2. The zero-order valence-corrected chi connectivity index (χ0v) is 9.07. The normalized spacial score (nSPS) is 11.1. The summed E-state index contributed by atoms with van der Waals surface area (Å²) in [6, 6.07) is 3.02. The monoisotopic (exact) mass is 248 g/mol. The van der Waals surface area contributed by atoms with E-state index in [1.54, 1.807) is 6.92 Å². The number of ether oxygens (including phenoxy) is 1.